The molecule has 8 nitrogen and oxygen atoms in total. The molecular weight excluding hydrogens is 420 g/mol. The Hall–Kier alpha value is -2.94. The molecule has 0 unspecified atom stereocenters. The molecule has 3 aromatic rings. The Morgan fingerprint density at radius 1 is 1.09 bits per heavy atom. The van der Waals surface area contributed by atoms with Crippen molar-refractivity contribution in [3.05, 3.63) is 59.8 Å². The number of benzene rings is 2. The van der Waals surface area contributed by atoms with Crippen molar-refractivity contribution in [1.82, 2.24) is 20.0 Å². The molecule has 0 radical (unpaired) electrons. The molecule has 2 aromatic carbocycles. The summed E-state index contributed by atoms with van der Waals surface area (Å²) in [5.41, 5.74) is 2.38. The fourth-order valence-electron chi connectivity index (χ4n) is 4.26. The minimum absolute atomic E-state index is 0.163. The maximum Gasteiger partial charge on any atom is 0.272 e. The first-order valence-electron chi connectivity index (χ1n) is 11.4. The van der Waals surface area contributed by atoms with Crippen LogP contribution in [0.5, 0.6) is 5.75 Å². The molecule has 0 saturated carbocycles. The smallest absolute Gasteiger partial charge is 0.272 e. The zero-order chi connectivity index (χ0) is 23.0. The predicted molar refractivity (Wildman–Crippen MR) is 127 cm³/mol. The second-order valence-electron chi connectivity index (χ2n) is 8.20. The van der Waals surface area contributed by atoms with Crippen LogP contribution in [0.1, 0.15) is 16.1 Å². The summed E-state index contributed by atoms with van der Waals surface area (Å²) in [7, 11) is 3.28. The average molecular weight is 453 g/mol. The molecule has 33 heavy (non-hydrogen) atoms. The van der Waals surface area contributed by atoms with Crippen molar-refractivity contribution in [2.45, 2.75) is 19.0 Å². The van der Waals surface area contributed by atoms with Crippen molar-refractivity contribution in [3.63, 3.8) is 0 Å². The Morgan fingerprint density at radius 3 is 2.61 bits per heavy atom. The van der Waals surface area contributed by atoms with E-state index in [0.717, 1.165) is 49.3 Å². The fraction of sp³-hybridized carbons (Fsp3) is 0.440. The van der Waals surface area contributed by atoms with Crippen LogP contribution in [0.15, 0.2) is 48.5 Å². The van der Waals surface area contributed by atoms with Crippen molar-refractivity contribution in [2.24, 2.45) is 0 Å². The molecule has 1 aliphatic heterocycles. The third-order valence-corrected chi connectivity index (χ3v) is 5.93. The normalized spacial score (nSPS) is 15.5. The van der Waals surface area contributed by atoms with Crippen LogP contribution in [-0.2, 0) is 22.4 Å². The molecule has 1 atom stereocenters. The van der Waals surface area contributed by atoms with E-state index in [-0.39, 0.29) is 11.9 Å². The van der Waals surface area contributed by atoms with Crippen LogP contribution < -0.4 is 10.1 Å². The SMILES string of the molecule is COC[C@H](Cc1ccccc1)NC(=O)c1nn(CCN2CCOCC2)c2c(OC)cccc12. The molecule has 1 saturated heterocycles. The lowest BCUT2D eigenvalue weighted by atomic mass is 10.1. The molecule has 176 valence electrons. The topological polar surface area (TPSA) is 77.9 Å². The van der Waals surface area contributed by atoms with E-state index in [1.54, 1.807) is 14.2 Å². The number of morpholine rings is 1. The van der Waals surface area contributed by atoms with Crippen molar-refractivity contribution in [1.29, 1.82) is 0 Å². The zero-order valence-electron chi connectivity index (χ0n) is 19.3. The molecule has 8 heteroatoms. The van der Waals surface area contributed by atoms with Crippen LogP contribution in [0.25, 0.3) is 10.9 Å². The van der Waals surface area contributed by atoms with Gasteiger partial charge in [0.15, 0.2) is 5.69 Å². The molecule has 1 aliphatic rings. The zero-order valence-corrected chi connectivity index (χ0v) is 19.3. The van der Waals surface area contributed by atoms with Crippen molar-refractivity contribution >= 4 is 16.8 Å². The summed E-state index contributed by atoms with van der Waals surface area (Å²) in [6, 6.07) is 15.6. The predicted octanol–water partition coefficient (Wildman–Crippen LogP) is 2.36. The van der Waals surface area contributed by atoms with Crippen LogP contribution in [0.2, 0.25) is 0 Å². The first-order chi connectivity index (χ1) is 16.2. The summed E-state index contributed by atoms with van der Waals surface area (Å²) in [6.45, 7) is 5.22. The van der Waals surface area contributed by atoms with Crippen molar-refractivity contribution in [3.8, 4) is 5.75 Å². The van der Waals surface area contributed by atoms with E-state index < -0.39 is 0 Å². The number of rotatable bonds is 10. The monoisotopic (exact) mass is 452 g/mol. The fourth-order valence-corrected chi connectivity index (χ4v) is 4.26. The lowest BCUT2D eigenvalue weighted by Crippen LogP contribution is -2.40. The van der Waals surface area contributed by atoms with E-state index in [4.69, 9.17) is 19.3 Å². The number of aromatic nitrogens is 2. The van der Waals surface area contributed by atoms with Gasteiger partial charge in [0.2, 0.25) is 0 Å². The van der Waals surface area contributed by atoms with Gasteiger partial charge in [0.1, 0.15) is 11.3 Å². The minimum Gasteiger partial charge on any atom is -0.494 e. The number of para-hydroxylation sites is 1. The Balaban J connectivity index is 1.57. The summed E-state index contributed by atoms with van der Waals surface area (Å²) >= 11 is 0. The number of nitrogens with zero attached hydrogens (tertiary/aromatic N) is 3. The molecule has 0 bridgehead atoms. The molecule has 0 aliphatic carbocycles. The number of amides is 1. The van der Waals surface area contributed by atoms with Crippen LogP contribution in [0, 0.1) is 0 Å². The largest absolute Gasteiger partial charge is 0.494 e. The Labute approximate surface area is 194 Å². The molecule has 1 aromatic heterocycles. The van der Waals surface area contributed by atoms with Gasteiger partial charge in [-0.15, -0.1) is 0 Å². The number of hydrogen-bond donors (Lipinski definition) is 1. The number of methoxy groups -OCH3 is 2. The molecule has 4 rings (SSSR count). The Kier molecular flexibility index (Phi) is 7.93. The highest BCUT2D eigenvalue weighted by Crippen LogP contribution is 2.28. The van der Waals surface area contributed by atoms with E-state index in [1.165, 1.54) is 0 Å². The number of fused-ring (bicyclic) bond motifs is 1. The minimum atomic E-state index is -0.212. The summed E-state index contributed by atoms with van der Waals surface area (Å²) < 4.78 is 18.3. The molecule has 2 heterocycles. The van der Waals surface area contributed by atoms with Gasteiger partial charge < -0.3 is 19.5 Å². The van der Waals surface area contributed by atoms with Gasteiger partial charge >= 0.3 is 0 Å². The summed E-state index contributed by atoms with van der Waals surface area (Å²) in [5, 5.41) is 8.63. The Bertz CT molecular complexity index is 1050. The van der Waals surface area contributed by atoms with E-state index in [1.807, 2.05) is 41.1 Å². The number of carbonyl (C=O) groups excluding carboxylic acids is 1. The second kappa shape index (κ2) is 11.3. The van der Waals surface area contributed by atoms with Crippen LogP contribution in [-0.4, -0.2) is 80.3 Å². The first kappa shape index (κ1) is 23.2. The summed E-state index contributed by atoms with van der Waals surface area (Å²) in [4.78, 5) is 15.7. The quantitative estimate of drug-likeness (QED) is 0.509. The van der Waals surface area contributed by atoms with Gasteiger partial charge in [0.05, 0.1) is 39.5 Å². The van der Waals surface area contributed by atoms with Gasteiger partial charge in [-0.3, -0.25) is 14.4 Å². The standard InChI is InChI=1S/C25H32N4O4/c1-31-18-20(17-19-7-4-3-5-8-19)26-25(30)23-21-9-6-10-22(32-2)24(21)29(27-23)12-11-28-13-15-33-16-14-28/h3-10,20H,11-18H2,1-2H3,(H,26,30)/t20-/m0/s1. The molecule has 0 spiro atoms. The highest BCUT2D eigenvalue weighted by Gasteiger charge is 2.23. The second-order valence-corrected chi connectivity index (χ2v) is 8.20. The van der Waals surface area contributed by atoms with Gasteiger partial charge in [-0.1, -0.05) is 42.5 Å². The first-order valence-corrected chi connectivity index (χ1v) is 11.4. The number of nitrogens with one attached hydrogen (secondary N) is 1. The van der Waals surface area contributed by atoms with Gasteiger partial charge in [-0.25, -0.2) is 0 Å². The van der Waals surface area contributed by atoms with Crippen LogP contribution in [0.3, 0.4) is 0 Å². The lowest BCUT2D eigenvalue weighted by molar-refractivity contribution is 0.0361. The Morgan fingerprint density at radius 2 is 1.88 bits per heavy atom. The van der Waals surface area contributed by atoms with E-state index in [0.29, 0.717) is 31.0 Å². The van der Waals surface area contributed by atoms with Crippen LogP contribution >= 0.6 is 0 Å². The maximum absolute atomic E-state index is 13.3. The van der Waals surface area contributed by atoms with Gasteiger partial charge in [0.25, 0.3) is 5.91 Å². The lowest BCUT2D eigenvalue weighted by Gasteiger charge is -2.26. The molecule has 1 fully saturated rings. The summed E-state index contributed by atoms with van der Waals surface area (Å²) in [5.74, 6) is 0.495. The van der Waals surface area contributed by atoms with Crippen LogP contribution in [0.4, 0.5) is 0 Å². The third kappa shape index (κ3) is 5.71. The summed E-state index contributed by atoms with van der Waals surface area (Å²) in [6.07, 6.45) is 0.680. The number of carbonyl (C=O) groups is 1. The average Bonchev–Trinajstić information content (AvgIpc) is 3.23. The number of ether oxygens (including phenoxy) is 3. The highest BCUT2D eigenvalue weighted by atomic mass is 16.5. The van der Waals surface area contributed by atoms with E-state index in [9.17, 15) is 4.79 Å². The highest BCUT2D eigenvalue weighted by molar-refractivity contribution is 6.06. The third-order valence-electron chi connectivity index (χ3n) is 5.93. The van der Waals surface area contributed by atoms with Gasteiger partial charge in [-0.05, 0) is 18.1 Å². The van der Waals surface area contributed by atoms with Gasteiger partial charge in [0, 0.05) is 32.1 Å². The molecular formula is C25H32N4O4. The van der Waals surface area contributed by atoms with Crippen molar-refractivity contribution in [2.75, 3.05) is 53.7 Å². The van der Waals surface area contributed by atoms with Gasteiger partial charge in [-0.2, -0.15) is 5.10 Å². The van der Waals surface area contributed by atoms with Crippen molar-refractivity contribution < 1.29 is 19.0 Å². The number of hydrogen-bond acceptors (Lipinski definition) is 6. The molecule has 1 amide bonds. The van der Waals surface area contributed by atoms with E-state index in [2.05, 4.69) is 22.3 Å². The molecule has 1 N–H and O–H groups in total. The maximum atomic E-state index is 13.3. The van der Waals surface area contributed by atoms with E-state index >= 15 is 0 Å².